The van der Waals surface area contributed by atoms with Gasteiger partial charge in [-0.15, -0.1) is 0 Å². The van der Waals surface area contributed by atoms with Crippen molar-refractivity contribution in [1.29, 1.82) is 0 Å². The number of rotatable bonds is 6. The van der Waals surface area contributed by atoms with E-state index < -0.39 is 6.10 Å². The molecule has 1 saturated carbocycles. The Morgan fingerprint density at radius 2 is 2.07 bits per heavy atom. The summed E-state index contributed by atoms with van der Waals surface area (Å²) in [6.45, 7) is 0.973. The molecule has 0 spiro atoms. The van der Waals surface area contributed by atoms with Gasteiger partial charge in [0.05, 0.1) is 0 Å². The van der Waals surface area contributed by atoms with E-state index >= 15 is 0 Å². The van der Waals surface area contributed by atoms with Gasteiger partial charge in [-0.1, -0.05) is 18.2 Å². The minimum Gasteiger partial charge on any atom is -0.491 e. The number of hydrogen-bond acceptors (Lipinski definition) is 3. The lowest BCUT2D eigenvalue weighted by molar-refractivity contribution is 0.106. The second-order valence-electron chi connectivity index (χ2n) is 3.96. The molecule has 0 amide bonds. The Morgan fingerprint density at radius 1 is 1.33 bits per heavy atom. The first-order chi connectivity index (χ1) is 7.34. The summed E-state index contributed by atoms with van der Waals surface area (Å²) in [5.41, 5.74) is 0. The van der Waals surface area contributed by atoms with Crippen LogP contribution < -0.4 is 10.1 Å². The quantitative estimate of drug-likeness (QED) is 0.736. The number of hydrogen-bond donors (Lipinski definition) is 2. The van der Waals surface area contributed by atoms with Gasteiger partial charge in [0.2, 0.25) is 0 Å². The van der Waals surface area contributed by atoms with Crippen LogP contribution in [0.1, 0.15) is 12.8 Å². The molecule has 0 aromatic heterocycles. The average molecular weight is 207 g/mol. The fraction of sp³-hybridized carbons (Fsp3) is 0.500. The molecule has 1 atom stereocenters. The van der Waals surface area contributed by atoms with E-state index in [2.05, 4.69) is 5.32 Å². The van der Waals surface area contributed by atoms with Gasteiger partial charge in [0.1, 0.15) is 18.5 Å². The summed E-state index contributed by atoms with van der Waals surface area (Å²) in [5.74, 6) is 0.808. The number of nitrogens with one attached hydrogen (secondary N) is 1. The molecule has 1 aromatic carbocycles. The third kappa shape index (κ3) is 3.90. The van der Waals surface area contributed by atoms with Gasteiger partial charge in [-0.3, -0.25) is 0 Å². The van der Waals surface area contributed by atoms with E-state index in [0.717, 1.165) is 5.75 Å². The van der Waals surface area contributed by atoms with Crippen LogP contribution in [-0.4, -0.2) is 30.4 Å². The summed E-state index contributed by atoms with van der Waals surface area (Å²) in [4.78, 5) is 0. The average Bonchev–Trinajstić information content (AvgIpc) is 3.09. The van der Waals surface area contributed by atoms with E-state index in [4.69, 9.17) is 4.74 Å². The van der Waals surface area contributed by atoms with Gasteiger partial charge < -0.3 is 15.2 Å². The fourth-order valence-electron chi connectivity index (χ4n) is 1.36. The maximum absolute atomic E-state index is 9.60. The minimum atomic E-state index is -0.425. The first-order valence-electron chi connectivity index (χ1n) is 5.44. The second kappa shape index (κ2) is 5.14. The first kappa shape index (κ1) is 10.5. The molecule has 82 valence electrons. The maximum Gasteiger partial charge on any atom is 0.119 e. The third-order valence-corrected chi connectivity index (χ3v) is 2.41. The Labute approximate surface area is 90.1 Å². The first-order valence-corrected chi connectivity index (χ1v) is 5.44. The van der Waals surface area contributed by atoms with Crippen molar-refractivity contribution in [2.45, 2.75) is 25.0 Å². The van der Waals surface area contributed by atoms with Crippen LogP contribution >= 0.6 is 0 Å². The van der Waals surface area contributed by atoms with Crippen LogP contribution in [-0.2, 0) is 0 Å². The summed E-state index contributed by atoms with van der Waals surface area (Å²) >= 11 is 0. The summed E-state index contributed by atoms with van der Waals surface area (Å²) in [5, 5.41) is 12.9. The van der Waals surface area contributed by atoms with E-state index in [1.165, 1.54) is 12.8 Å². The van der Waals surface area contributed by atoms with E-state index in [-0.39, 0.29) is 0 Å². The highest BCUT2D eigenvalue weighted by Gasteiger charge is 2.21. The topological polar surface area (TPSA) is 41.5 Å². The molecule has 0 radical (unpaired) electrons. The van der Waals surface area contributed by atoms with Crippen LogP contribution in [0.5, 0.6) is 5.75 Å². The molecule has 1 aliphatic rings. The SMILES string of the molecule is OC(CNC1CC1)COc1ccccc1. The van der Waals surface area contributed by atoms with Gasteiger partial charge in [-0.25, -0.2) is 0 Å². The van der Waals surface area contributed by atoms with Crippen LogP contribution in [0.25, 0.3) is 0 Å². The van der Waals surface area contributed by atoms with Crippen molar-refractivity contribution in [2.75, 3.05) is 13.2 Å². The highest BCUT2D eigenvalue weighted by atomic mass is 16.5. The summed E-state index contributed by atoms with van der Waals surface area (Å²) in [6, 6.07) is 10.2. The maximum atomic E-state index is 9.60. The molecule has 0 bridgehead atoms. The minimum absolute atomic E-state index is 0.351. The molecule has 0 heterocycles. The zero-order chi connectivity index (χ0) is 10.5. The molecule has 2 rings (SSSR count). The fourth-order valence-corrected chi connectivity index (χ4v) is 1.36. The smallest absolute Gasteiger partial charge is 0.119 e. The Bertz CT molecular complexity index is 285. The van der Waals surface area contributed by atoms with Crippen molar-refractivity contribution >= 4 is 0 Å². The van der Waals surface area contributed by atoms with E-state index in [1.807, 2.05) is 30.3 Å². The van der Waals surface area contributed by atoms with Crippen molar-refractivity contribution < 1.29 is 9.84 Å². The van der Waals surface area contributed by atoms with Crippen molar-refractivity contribution in [3.8, 4) is 5.75 Å². The van der Waals surface area contributed by atoms with E-state index in [0.29, 0.717) is 19.2 Å². The van der Waals surface area contributed by atoms with Crippen molar-refractivity contribution in [1.82, 2.24) is 5.32 Å². The monoisotopic (exact) mass is 207 g/mol. The highest BCUT2D eigenvalue weighted by Crippen LogP contribution is 2.18. The van der Waals surface area contributed by atoms with E-state index in [9.17, 15) is 5.11 Å². The lowest BCUT2D eigenvalue weighted by Crippen LogP contribution is -2.32. The molecule has 1 fully saturated rings. The largest absolute Gasteiger partial charge is 0.491 e. The molecule has 0 aliphatic heterocycles. The number of aliphatic hydroxyl groups excluding tert-OH is 1. The Balaban J connectivity index is 1.63. The highest BCUT2D eigenvalue weighted by molar-refractivity contribution is 5.20. The van der Waals surface area contributed by atoms with Gasteiger partial charge in [-0.2, -0.15) is 0 Å². The molecular formula is C12H17NO2. The van der Waals surface area contributed by atoms with Gasteiger partial charge in [0.25, 0.3) is 0 Å². The number of ether oxygens (including phenoxy) is 1. The summed E-state index contributed by atoms with van der Waals surface area (Å²) < 4.78 is 5.43. The van der Waals surface area contributed by atoms with Crippen LogP contribution in [0.4, 0.5) is 0 Å². The molecule has 1 aromatic rings. The molecule has 1 unspecified atom stereocenters. The predicted octanol–water partition coefficient (Wildman–Crippen LogP) is 1.18. The molecule has 2 N–H and O–H groups in total. The van der Waals surface area contributed by atoms with Gasteiger partial charge in [-0.05, 0) is 25.0 Å². The van der Waals surface area contributed by atoms with E-state index in [1.54, 1.807) is 0 Å². The van der Waals surface area contributed by atoms with Crippen molar-refractivity contribution in [3.05, 3.63) is 30.3 Å². The zero-order valence-electron chi connectivity index (χ0n) is 8.73. The molecular weight excluding hydrogens is 190 g/mol. The second-order valence-corrected chi connectivity index (χ2v) is 3.96. The van der Waals surface area contributed by atoms with Crippen LogP contribution in [0, 0.1) is 0 Å². The predicted molar refractivity (Wildman–Crippen MR) is 59.0 cm³/mol. The normalized spacial score (nSPS) is 17.4. The lowest BCUT2D eigenvalue weighted by Gasteiger charge is -2.12. The Kier molecular flexibility index (Phi) is 3.59. The van der Waals surface area contributed by atoms with Crippen molar-refractivity contribution in [2.24, 2.45) is 0 Å². The Hall–Kier alpha value is -1.06. The molecule has 15 heavy (non-hydrogen) atoms. The lowest BCUT2D eigenvalue weighted by atomic mass is 10.3. The molecule has 3 heteroatoms. The van der Waals surface area contributed by atoms with Gasteiger partial charge in [0.15, 0.2) is 0 Å². The molecule has 1 aliphatic carbocycles. The number of para-hydroxylation sites is 1. The summed E-state index contributed by atoms with van der Waals surface area (Å²) in [6.07, 6.45) is 2.06. The zero-order valence-corrected chi connectivity index (χ0v) is 8.73. The van der Waals surface area contributed by atoms with Gasteiger partial charge in [0, 0.05) is 12.6 Å². The third-order valence-electron chi connectivity index (χ3n) is 2.41. The Morgan fingerprint density at radius 3 is 2.73 bits per heavy atom. The summed E-state index contributed by atoms with van der Waals surface area (Å²) in [7, 11) is 0. The standard InChI is InChI=1S/C12H17NO2/c14-11(8-13-10-6-7-10)9-15-12-4-2-1-3-5-12/h1-5,10-11,13-14H,6-9H2. The number of aliphatic hydroxyl groups is 1. The van der Waals surface area contributed by atoms with Crippen LogP contribution in [0.2, 0.25) is 0 Å². The number of benzene rings is 1. The van der Waals surface area contributed by atoms with Crippen LogP contribution in [0.3, 0.4) is 0 Å². The molecule has 0 saturated heterocycles. The molecule has 3 nitrogen and oxygen atoms in total. The van der Waals surface area contributed by atoms with Gasteiger partial charge >= 0.3 is 0 Å². The van der Waals surface area contributed by atoms with Crippen LogP contribution in [0.15, 0.2) is 30.3 Å². The van der Waals surface area contributed by atoms with Crippen molar-refractivity contribution in [3.63, 3.8) is 0 Å².